The zero-order valence-corrected chi connectivity index (χ0v) is 18.2. The van der Waals surface area contributed by atoms with Crippen molar-refractivity contribution in [3.63, 3.8) is 0 Å². The number of carbonyl (C=O) groups excluding carboxylic acids is 1. The molecule has 5 aliphatic rings. The molecule has 2 N–H and O–H groups in total. The van der Waals surface area contributed by atoms with Crippen molar-refractivity contribution < 1.29 is 9.18 Å². The number of benzene rings is 1. The van der Waals surface area contributed by atoms with E-state index in [2.05, 4.69) is 27.3 Å². The zero-order chi connectivity index (χ0) is 22.1. The maximum atomic E-state index is 13.5. The Bertz CT molecular complexity index is 985. The molecule has 6 nitrogen and oxygen atoms in total. The Kier molecular flexibility index (Phi) is 4.60. The summed E-state index contributed by atoms with van der Waals surface area (Å²) in [4.78, 5) is 19.9. The molecule has 3 saturated heterocycles. The van der Waals surface area contributed by atoms with Crippen molar-refractivity contribution in [2.24, 2.45) is 17.6 Å². The van der Waals surface area contributed by atoms with Crippen LogP contribution in [-0.2, 0) is 4.79 Å². The van der Waals surface area contributed by atoms with Crippen molar-refractivity contribution in [1.82, 2.24) is 14.7 Å². The number of piperidine rings is 1. The van der Waals surface area contributed by atoms with Gasteiger partial charge >= 0.3 is 0 Å². The Labute approximate surface area is 188 Å². The summed E-state index contributed by atoms with van der Waals surface area (Å²) in [5, 5.41) is 9.50. The van der Waals surface area contributed by atoms with Crippen LogP contribution < -0.4 is 5.73 Å². The molecule has 6 rings (SSSR count). The number of amides is 1. The molecule has 3 aliphatic heterocycles. The van der Waals surface area contributed by atoms with Crippen LogP contribution in [0.3, 0.4) is 0 Å². The SMILES string of the molecule is C=C(C(N)CN1C[C@@H]2CC1C(=O)N2C(c1ccc(F)cc1)C1CC1)N1C(C#N)CC2CC21. The van der Waals surface area contributed by atoms with E-state index in [1.165, 1.54) is 12.1 Å². The molecular formula is C25H30FN5O. The van der Waals surface area contributed by atoms with Crippen LogP contribution in [-0.4, -0.2) is 63.9 Å². The number of halogens is 1. The minimum Gasteiger partial charge on any atom is -0.355 e. The Hall–Kier alpha value is -2.43. The summed E-state index contributed by atoms with van der Waals surface area (Å²) < 4.78 is 13.5. The molecule has 0 spiro atoms. The van der Waals surface area contributed by atoms with Crippen LogP contribution in [0.2, 0.25) is 0 Å². The highest BCUT2D eigenvalue weighted by Crippen LogP contribution is 2.51. The maximum absolute atomic E-state index is 13.5. The Morgan fingerprint density at radius 3 is 2.66 bits per heavy atom. The number of nitriles is 1. The minimum atomic E-state index is -0.276. The fraction of sp³-hybridized carbons (Fsp3) is 0.600. The van der Waals surface area contributed by atoms with Crippen LogP contribution in [0.15, 0.2) is 36.5 Å². The molecule has 1 aromatic carbocycles. The van der Waals surface area contributed by atoms with E-state index in [-0.39, 0.29) is 41.9 Å². The van der Waals surface area contributed by atoms with Crippen LogP contribution in [0.4, 0.5) is 4.39 Å². The topological polar surface area (TPSA) is 76.6 Å². The lowest BCUT2D eigenvalue weighted by atomic mass is 9.99. The summed E-state index contributed by atoms with van der Waals surface area (Å²) >= 11 is 0. The molecule has 2 aliphatic carbocycles. The quantitative estimate of drug-likeness (QED) is 0.712. The number of likely N-dealkylation sites (tertiary alicyclic amines) is 3. The smallest absolute Gasteiger partial charge is 0.240 e. The highest BCUT2D eigenvalue weighted by atomic mass is 19.1. The standard InChI is InChI=1S/C25H30FN5O/c1-14(30-19(11-27)8-17-9-22(17)30)21(28)13-29-12-20-10-23(29)25(32)31(20)24(15-2-3-15)16-4-6-18(26)7-5-16/h4-7,15,17,19-24H,1-3,8-10,12-13,28H2/t17?,19?,20-,21?,22?,23?,24?/m0/s1. The lowest BCUT2D eigenvalue weighted by Gasteiger charge is -2.40. The van der Waals surface area contributed by atoms with Crippen molar-refractivity contribution in [1.29, 1.82) is 5.26 Å². The summed E-state index contributed by atoms with van der Waals surface area (Å²) in [5.74, 6) is 1.03. The average Bonchev–Trinajstić information content (AvgIpc) is 3.67. The molecule has 0 radical (unpaired) electrons. The lowest BCUT2D eigenvalue weighted by Crippen LogP contribution is -2.55. The first-order valence-electron chi connectivity index (χ1n) is 11.9. The largest absolute Gasteiger partial charge is 0.355 e. The van der Waals surface area contributed by atoms with Gasteiger partial charge in [0, 0.05) is 30.9 Å². The molecule has 1 aromatic rings. The van der Waals surface area contributed by atoms with Crippen LogP contribution in [0, 0.1) is 29.0 Å². The first kappa shape index (κ1) is 20.2. The number of rotatable bonds is 7. The van der Waals surface area contributed by atoms with E-state index < -0.39 is 0 Å². The summed E-state index contributed by atoms with van der Waals surface area (Å²) in [5.41, 5.74) is 8.44. The van der Waals surface area contributed by atoms with E-state index in [0.717, 1.165) is 49.9 Å². The number of nitrogens with zero attached hydrogens (tertiary/aromatic N) is 4. The van der Waals surface area contributed by atoms with Gasteiger partial charge in [-0.2, -0.15) is 5.26 Å². The van der Waals surface area contributed by atoms with Gasteiger partial charge in [-0.1, -0.05) is 18.7 Å². The molecule has 6 unspecified atom stereocenters. The molecule has 7 atom stereocenters. The highest BCUT2D eigenvalue weighted by molar-refractivity contribution is 5.86. The number of hydrogen-bond acceptors (Lipinski definition) is 5. The van der Waals surface area contributed by atoms with E-state index in [0.29, 0.717) is 24.4 Å². The van der Waals surface area contributed by atoms with Crippen LogP contribution in [0.25, 0.3) is 0 Å². The molecular weight excluding hydrogens is 405 g/mol. The zero-order valence-electron chi connectivity index (χ0n) is 18.2. The molecule has 2 bridgehead atoms. The number of fused-ring (bicyclic) bond motifs is 3. The number of hydrogen-bond donors (Lipinski definition) is 1. The highest BCUT2D eigenvalue weighted by Gasteiger charge is 2.56. The van der Waals surface area contributed by atoms with Crippen LogP contribution >= 0.6 is 0 Å². The minimum absolute atomic E-state index is 0.0525. The second kappa shape index (κ2) is 7.29. The monoisotopic (exact) mass is 435 g/mol. The second-order valence-corrected chi connectivity index (χ2v) is 10.4. The van der Waals surface area contributed by atoms with E-state index in [9.17, 15) is 14.4 Å². The number of nitrogens with two attached hydrogens (primary N) is 1. The van der Waals surface area contributed by atoms with E-state index in [1.54, 1.807) is 0 Å². The van der Waals surface area contributed by atoms with Gasteiger partial charge in [-0.25, -0.2) is 4.39 Å². The molecule has 3 heterocycles. The van der Waals surface area contributed by atoms with E-state index >= 15 is 0 Å². The summed E-state index contributed by atoms with van der Waals surface area (Å²) in [7, 11) is 0. The van der Waals surface area contributed by atoms with Gasteiger partial charge in [0.1, 0.15) is 11.9 Å². The van der Waals surface area contributed by atoms with Crippen molar-refractivity contribution in [2.45, 2.75) is 68.4 Å². The van der Waals surface area contributed by atoms with Gasteiger partial charge in [0.2, 0.25) is 5.91 Å². The summed E-state index contributed by atoms with van der Waals surface area (Å²) in [6.07, 6.45) is 5.13. The van der Waals surface area contributed by atoms with E-state index in [4.69, 9.17) is 5.73 Å². The van der Waals surface area contributed by atoms with Crippen molar-refractivity contribution in [3.05, 3.63) is 47.9 Å². The maximum Gasteiger partial charge on any atom is 0.240 e. The van der Waals surface area contributed by atoms with Crippen molar-refractivity contribution in [2.75, 3.05) is 13.1 Å². The number of carbonyl (C=O) groups is 1. The van der Waals surface area contributed by atoms with Crippen LogP contribution in [0.5, 0.6) is 0 Å². The van der Waals surface area contributed by atoms with Gasteiger partial charge in [-0.15, -0.1) is 0 Å². The van der Waals surface area contributed by atoms with E-state index in [1.807, 2.05) is 12.1 Å². The molecule has 7 heteroatoms. The van der Waals surface area contributed by atoms with Gasteiger partial charge in [-0.3, -0.25) is 9.69 Å². The van der Waals surface area contributed by atoms with Gasteiger partial charge in [0.05, 0.1) is 24.2 Å². The molecule has 1 amide bonds. The van der Waals surface area contributed by atoms with Gasteiger partial charge in [0.15, 0.2) is 0 Å². The summed E-state index contributed by atoms with van der Waals surface area (Å²) in [6.45, 7) is 5.66. The number of piperazine rings is 1. The Morgan fingerprint density at radius 2 is 2.00 bits per heavy atom. The third-order valence-corrected chi connectivity index (χ3v) is 8.34. The molecule has 32 heavy (non-hydrogen) atoms. The first-order chi connectivity index (χ1) is 15.5. The van der Waals surface area contributed by atoms with Gasteiger partial charge in [-0.05, 0) is 61.6 Å². The fourth-order valence-electron chi connectivity index (χ4n) is 6.52. The average molecular weight is 436 g/mol. The normalized spacial score (nSPS) is 35.0. The predicted octanol–water partition coefficient (Wildman–Crippen LogP) is 2.39. The molecule has 2 saturated carbocycles. The Balaban J connectivity index is 1.14. The third kappa shape index (κ3) is 3.15. The molecule has 168 valence electrons. The molecule has 0 aromatic heterocycles. The van der Waals surface area contributed by atoms with Crippen molar-refractivity contribution in [3.8, 4) is 6.07 Å². The first-order valence-corrected chi connectivity index (χ1v) is 11.9. The second-order valence-electron chi connectivity index (χ2n) is 10.4. The third-order valence-electron chi connectivity index (χ3n) is 8.34. The van der Waals surface area contributed by atoms with Gasteiger partial charge in [0.25, 0.3) is 0 Å². The van der Waals surface area contributed by atoms with Crippen LogP contribution in [0.1, 0.15) is 43.7 Å². The fourth-order valence-corrected chi connectivity index (χ4v) is 6.52. The van der Waals surface area contributed by atoms with Gasteiger partial charge < -0.3 is 15.5 Å². The Morgan fingerprint density at radius 1 is 1.25 bits per heavy atom. The van der Waals surface area contributed by atoms with Crippen molar-refractivity contribution >= 4 is 5.91 Å². The predicted molar refractivity (Wildman–Crippen MR) is 117 cm³/mol. The lowest BCUT2D eigenvalue weighted by molar-refractivity contribution is -0.140. The summed E-state index contributed by atoms with van der Waals surface area (Å²) in [6, 6.07) is 9.20. The molecule has 5 fully saturated rings.